The van der Waals surface area contributed by atoms with Crippen LogP contribution in [0.3, 0.4) is 0 Å². The van der Waals surface area contributed by atoms with Crippen LogP contribution in [-0.2, 0) is 0 Å². The van der Waals surface area contributed by atoms with Crippen LogP contribution in [0.15, 0.2) is 203 Å². The molecule has 0 aliphatic heterocycles. The van der Waals surface area contributed by atoms with Crippen molar-refractivity contribution in [3.8, 4) is 33.6 Å². The first-order valence-electron chi connectivity index (χ1n) is 19.7. The van der Waals surface area contributed by atoms with Crippen molar-refractivity contribution >= 4 is 87.5 Å². The molecule has 9 aromatic carbocycles. The fraction of sp³-hybridized carbons (Fsp3) is 0. The number of furan rings is 2. The zero-order valence-electron chi connectivity index (χ0n) is 31.2. The van der Waals surface area contributed by atoms with Crippen molar-refractivity contribution in [2.45, 2.75) is 0 Å². The second-order valence-electron chi connectivity index (χ2n) is 15.3. The highest BCUT2D eigenvalue weighted by Gasteiger charge is 2.23. The van der Waals surface area contributed by atoms with E-state index in [2.05, 4.69) is 179 Å². The summed E-state index contributed by atoms with van der Waals surface area (Å²) >= 11 is 0. The molecule has 0 aliphatic carbocycles. The normalized spacial score (nSPS) is 12.1. The summed E-state index contributed by atoms with van der Waals surface area (Å²) in [5.41, 5.74) is 15.1. The quantitative estimate of drug-likeness (QED) is 0.180. The summed E-state index contributed by atoms with van der Waals surface area (Å²) in [6.07, 6.45) is 0. The summed E-state index contributed by atoms with van der Waals surface area (Å²) in [6, 6.07) is 69.8. The second-order valence-corrected chi connectivity index (χ2v) is 15.3. The van der Waals surface area contributed by atoms with E-state index >= 15 is 0 Å². The van der Waals surface area contributed by atoms with E-state index in [1.54, 1.807) is 0 Å². The summed E-state index contributed by atoms with van der Waals surface area (Å²) in [6.45, 7) is 0. The van der Waals surface area contributed by atoms with Gasteiger partial charge >= 0.3 is 0 Å². The highest BCUT2D eigenvalue weighted by Crippen LogP contribution is 2.45. The SMILES string of the molecule is c1ccc(-c2ccc3c(c2)c2c(ccc4c5cc(-c6ccccc6)ccc5n(-c5ccc6oc7ccccc7c6c5)c42)n3-c2ccc3oc4ccccc4c3c2)cc1. The van der Waals surface area contributed by atoms with Crippen LogP contribution in [0.1, 0.15) is 0 Å². The maximum atomic E-state index is 6.33. The van der Waals surface area contributed by atoms with E-state index < -0.39 is 0 Å². The fourth-order valence-electron chi connectivity index (χ4n) is 9.48. The smallest absolute Gasteiger partial charge is 0.135 e. The molecular formula is C54H32N2O2. The van der Waals surface area contributed by atoms with Gasteiger partial charge in [-0.3, -0.25) is 0 Å². The summed E-state index contributed by atoms with van der Waals surface area (Å²) in [4.78, 5) is 0. The van der Waals surface area contributed by atoms with Crippen LogP contribution in [0.25, 0.3) is 121 Å². The summed E-state index contributed by atoms with van der Waals surface area (Å²) in [7, 11) is 0. The van der Waals surface area contributed by atoms with Gasteiger partial charge in [0.25, 0.3) is 0 Å². The monoisotopic (exact) mass is 740 g/mol. The van der Waals surface area contributed by atoms with Gasteiger partial charge < -0.3 is 18.0 Å². The molecule has 0 bridgehead atoms. The van der Waals surface area contributed by atoms with Crippen LogP contribution in [0, 0.1) is 0 Å². The third kappa shape index (κ3) is 4.45. The zero-order chi connectivity index (χ0) is 37.9. The Morgan fingerprint density at radius 3 is 1.36 bits per heavy atom. The molecule has 4 aromatic heterocycles. The van der Waals surface area contributed by atoms with Gasteiger partial charge in [-0.05, 0) is 101 Å². The van der Waals surface area contributed by atoms with E-state index in [-0.39, 0.29) is 0 Å². The van der Waals surface area contributed by atoms with E-state index in [9.17, 15) is 0 Å². The Labute approximate surface area is 332 Å². The maximum Gasteiger partial charge on any atom is 0.135 e. The molecule has 0 spiro atoms. The number of hydrogen-bond acceptors (Lipinski definition) is 2. The molecular weight excluding hydrogens is 709 g/mol. The minimum Gasteiger partial charge on any atom is -0.456 e. The predicted molar refractivity (Wildman–Crippen MR) is 241 cm³/mol. The zero-order valence-corrected chi connectivity index (χ0v) is 31.2. The summed E-state index contributed by atoms with van der Waals surface area (Å²) in [5.74, 6) is 0. The average Bonchev–Trinajstić information content (AvgIpc) is 4.03. The molecule has 58 heavy (non-hydrogen) atoms. The number of fused-ring (bicyclic) bond motifs is 13. The second kappa shape index (κ2) is 11.8. The van der Waals surface area contributed by atoms with Gasteiger partial charge in [0.2, 0.25) is 0 Å². The highest BCUT2D eigenvalue weighted by atomic mass is 16.3. The van der Waals surface area contributed by atoms with E-state index in [1.807, 2.05) is 24.3 Å². The lowest BCUT2D eigenvalue weighted by molar-refractivity contribution is 0.668. The Morgan fingerprint density at radius 1 is 0.276 bits per heavy atom. The van der Waals surface area contributed by atoms with E-state index in [0.717, 1.165) is 71.8 Å². The maximum absolute atomic E-state index is 6.33. The number of hydrogen-bond donors (Lipinski definition) is 0. The Morgan fingerprint density at radius 2 is 0.759 bits per heavy atom. The largest absolute Gasteiger partial charge is 0.456 e. The van der Waals surface area contributed by atoms with Crippen LogP contribution < -0.4 is 0 Å². The third-order valence-electron chi connectivity index (χ3n) is 12.1. The molecule has 0 saturated carbocycles. The number of benzene rings is 9. The van der Waals surface area contributed by atoms with Gasteiger partial charge in [0.05, 0.1) is 22.1 Å². The van der Waals surface area contributed by atoms with Crippen molar-refractivity contribution in [3.63, 3.8) is 0 Å². The van der Waals surface area contributed by atoms with Crippen LogP contribution >= 0.6 is 0 Å². The Balaban J connectivity index is 1.19. The predicted octanol–water partition coefficient (Wildman–Crippen LogP) is 15.0. The van der Waals surface area contributed by atoms with Gasteiger partial charge in [-0.2, -0.15) is 0 Å². The topological polar surface area (TPSA) is 36.1 Å². The molecule has 13 rings (SSSR count). The van der Waals surface area contributed by atoms with E-state index in [0.29, 0.717) is 0 Å². The van der Waals surface area contributed by atoms with Gasteiger partial charge in [-0.25, -0.2) is 0 Å². The minimum atomic E-state index is 0.883. The average molecular weight is 741 g/mol. The molecule has 0 radical (unpaired) electrons. The summed E-state index contributed by atoms with van der Waals surface area (Å²) in [5, 5.41) is 9.25. The van der Waals surface area contributed by atoms with Crippen molar-refractivity contribution in [2.75, 3.05) is 0 Å². The molecule has 0 saturated heterocycles. The lowest BCUT2D eigenvalue weighted by Gasteiger charge is -2.11. The van der Waals surface area contributed by atoms with Crippen LogP contribution in [-0.4, -0.2) is 9.13 Å². The van der Waals surface area contributed by atoms with Gasteiger partial charge in [-0.1, -0.05) is 115 Å². The fourth-order valence-corrected chi connectivity index (χ4v) is 9.48. The molecule has 0 atom stereocenters. The molecule has 0 unspecified atom stereocenters. The van der Waals surface area contributed by atoms with E-state index in [1.165, 1.54) is 49.3 Å². The number of nitrogens with zero attached hydrogens (tertiary/aromatic N) is 2. The van der Waals surface area contributed by atoms with Crippen molar-refractivity contribution < 1.29 is 8.83 Å². The molecule has 4 nitrogen and oxygen atoms in total. The minimum absolute atomic E-state index is 0.883. The van der Waals surface area contributed by atoms with E-state index in [4.69, 9.17) is 8.83 Å². The molecule has 4 heteroatoms. The molecule has 0 aliphatic rings. The third-order valence-corrected chi connectivity index (χ3v) is 12.1. The van der Waals surface area contributed by atoms with Crippen molar-refractivity contribution in [1.29, 1.82) is 0 Å². The first-order chi connectivity index (χ1) is 28.7. The van der Waals surface area contributed by atoms with Crippen molar-refractivity contribution in [2.24, 2.45) is 0 Å². The molecule has 4 heterocycles. The first-order valence-corrected chi connectivity index (χ1v) is 19.7. The number of para-hydroxylation sites is 2. The lowest BCUT2D eigenvalue weighted by Crippen LogP contribution is -1.95. The van der Waals surface area contributed by atoms with Gasteiger partial charge in [0, 0.05) is 54.5 Å². The molecule has 0 fully saturated rings. The Hall–Kier alpha value is -7.82. The first kappa shape index (κ1) is 31.4. The number of aromatic nitrogens is 2. The van der Waals surface area contributed by atoms with Crippen LogP contribution in [0.2, 0.25) is 0 Å². The molecule has 0 amide bonds. The molecule has 0 N–H and O–H groups in total. The Bertz CT molecular complexity index is 3790. The lowest BCUT2D eigenvalue weighted by atomic mass is 10.0. The van der Waals surface area contributed by atoms with Crippen molar-refractivity contribution in [3.05, 3.63) is 194 Å². The molecule has 270 valence electrons. The van der Waals surface area contributed by atoms with Crippen LogP contribution in [0.4, 0.5) is 0 Å². The highest BCUT2D eigenvalue weighted by molar-refractivity contribution is 6.27. The Kier molecular flexibility index (Phi) is 6.41. The standard InChI is InChI=1S/C54H32N2O2/c1-3-11-33(12-4-1)35-19-24-46-42(29-35)41-23-26-48-53(54(41)56(46)38-22-28-52-44(32-38)40-16-8-10-18-50(40)58-52)45-30-36(34-13-5-2-6-14-34)20-25-47(45)55(48)37-21-27-51-43(31-37)39-15-7-9-17-49(39)57-51/h1-32H. The van der Waals surface area contributed by atoms with Gasteiger partial charge in [0.15, 0.2) is 0 Å². The summed E-state index contributed by atoms with van der Waals surface area (Å²) < 4.78 is 17.5. The number of rotatable bonds is 4. The van der Waals surface area contributed by atoms with Crippen LogP contribution in [0.5, 0.6) is 0 Å². The van der Waals surface area contributed by atoms with Gasteiger partial charge in [0.1, 0.15) is 22.3 Å². The van der Waals surface area contributed by atoms with Gasteiger partial charge in [-0.15, -0.1) is 0 Å². The van der Waals surface area contributed by atoms with Crippen molar-refractivity contribution in [1.82, 2.24) is 9.13 Å². The molecule has 13 aromatic rings.